The fourth-order valence-electron chi connectivity index (χ4n) is 3.38. The van der Waals surface area contributed by atoms with Gasteiger partial charge in [0.2, 0.25) is 0 Å². The van der Waals surface area contributed by atoms with Crippen LogP contribution in [-0.2, 0) is 25.8 Å². The summed E-state index contributed by atoms with van der Waals surface area (Å²) in [6, 6.07) is 4.21. The van der Waals surface area contributed by atoms with Crippen LogP contribution in [0.15, 0.2) is 22.9 Å². The zero-order valence-corrected chi connectivity index (χ0v) is 13.2. The van der Waals surface area contributed by atoms with Gasteiger partial charge in [-0.05, 0) is 37.0 Å². The molecule has 0 unspecified atom stereocenters. The molecule has 0 amide bonds. The maximum absolute atomic E-state index is 5.86. The first kappa shape index (κ1) is 13.9. The molecule has 1 fully saturated rings. The van der Waals surface area contributed by atoms with Crippen molar-refractivity contribution in [1.29, 1.82) is 0 Å². The van der Waals surface area contributed by atoms with E-state index in [-0.39, 0.29) is 0 Å². The third-order valence-corrected chi connectivity index (χ3v) is 4.82. The van der Waals surface area contributed by atoms with Gasteiger partial charge in [0.25, 0.3) is 0 Å². The Kier molecular flexibility index (Phi) is 3.70. The summed E-state index contributed by atoms with van der Waals surface area (Å²) in [7, 11) is 0. The van der Waals surface area contributed by atoms with Crippen LogP contribution in [0.1, 0.15) is 54.2 Å². The van der Waals surface area contributed by atoms with Crippen LogP contribution in [-0.4, -0.2) is 28.0 Å². The van der Waals surface area contributed by atoms with Crippen LogP contribution in [0.2, 0.25) is 0 Å². The van der Waals surface area contributed by atoms with Crippen molar-refractivity contribution in [3.05, 3.63) is 46.9 Å². The minimum absolute atomic E-state index is 0.709. The van der Waals surface area contributed by atoms with Gasteiger partial charge in [0.1, 0.15) is 17.8 Å². The molecule has 2 aromatic rings. The molecule has 2 aromatic heterocycles. The Morgan fingerprint density at radius 2 is 1.95 bits per heavy atom. The lowest BCUT2D eigenvalue weighted by molar-refractivity contribution is 0.252. The minimum Gasteiger partial charge on any atom is -0.465 e. The van der Waals surface area contributed by atoms with Crippen molar-refractivity contribution < 1.29 is 4.42 Å². The van der Waals surface area contributed by atoms with Gasteiger partial charge in [-0.25, -0.2) is 9.97 Å². The van der Waals surface area contributed by atoms with Crippen molar-refractivity contribution >= 4 is 0 Å². The summed E-state index contributed by atoms with van der Waals surface area (Å²) in [5.74, 6) is 2.87. The number of furan rings is 1. The van der Waals surface area contributed by atoms with Crippen LogP contribution in [0.25, 0.3) is 0 Å². The molecule has 0 aromatic carbocycles. The van der Waals surface area contributed by atoms with E-state index in [0.717, 1.165) is 50.4 Å². The summed E-state index contributed by atoms with van der Waals surface area (Å²) in [6.07, 6.45) is 7.44. The van der Waals surface area contributed by atoms with Crippen LogP contribution >= 0.6 is 0 Å². The average Bonchev–Trinajstić information content (AvgIpc) is 3.32. The Labute approximate surface area is 131 Å². The second kappa shape index (κ2) is 5.84. The first-order valence-corrected chi connectivity index (χ1v) is 8.46. The summed E-state index contributed by atoms with van der Waals surface area (Å²) in [5.41, 5.74) is 4.03. The Balaban J connectivity index is 1.47. The molecule has 0 N–H and O–H groups in total. The third-order valence-electron chi connectivity index (χ3n) is 4.82. The molecule has 1 aliphatic carbocycles. The molecule has 1 aliphatic heterocycles. The zero-order chi connectivity index (χ0) is 14.9. The first-order valence-electron chi connectivity index (χ1n) is 8.46. The Hall–Kier alpha value is -1.68. The third kappa shape index (κ3) is 2.80. The topological polar surface area (TPSA) is 42.2 Å². The van der Waals surface area contributed by atoms with Crippen molar-refractivity contribution in [3.8, 4) is 0 Å². The van der Waals surface area contributed by atoms with Gasteiger partial charge < -0.3 is 4.42 Å². The van der Waals surface area contributed by atoms with Crippen molar-refractivity contribution in [2.75, 3.05) is 13.1 Å². The SMILES string of the molecule is CCc1ccc(CN2CCc3ncnc(C4CC4)c3CC2)o1. The molecule has 2 aliphatic rings. The van der Waals surface area contributed by atoms with Gasteiger partial charge in [-0.1, -0.05) is 6.92 Å². The summed E-state index contributed by atoms with van der Waals surface area (Å²) in [5, 5.41) is 0. The number of aryl methyl sites for hydroxylation is 1. The van der Waals surface area contributed by atoms with E-state index in [1.54, 1.807) is 6.33 Å². The number of aromatic nitrogens is 2. The van der Waals surface area contributed by atoms with Gasteiger partial charge in [0.15, 0.2) is 0 Å². The van der Waals surface area contributed by atoms with Crippen LogP contribution in [0.4, 0.5) is 0 Å². The monoisotopic (exact) mass is 297 g/mol. The fourth-order valence-corrected chi connectivity index (χ4v) is 3.38. The highest BCUT2D eigenvalue weighted by atomic mass is 16.3. The lowest BCUT2D eigenvalue weighted by Crippen LogP contribution is -2.25. The van der Waals surface area contributed by atoms with Crippen LogP contribution in [0, 0.1) is 0 Å². The molecule has 1 saturated carbocycles. The van der Waals surface area contributed by atoms with Crippen molar-refractivity contribution in [3.63, 3.8) is 0 Å². The predicted octanol–water partition coefficient (Wildman–Crippen LogP) is 3.11. The Morgan fingerprint density at radius 1 is 1.14 bits per heavy atom. The Bertz CT molecular complexity index is 660. The van der Waals surface area contributed by atoms with Crippen molar-refractivity contribution in [2.45, 2.75) is 51.5 Å². The molecule has 3 heterocycles. The van der Waals surface area contributed by atoms with Gasteiger partial charge in [0, 0.05) is 37.5 Å². The highest BCUT2D eigenvalue weighted by molar-refractivity contribution is 5.31. The molecule has 0 spiro atoms. The van der Waals surface area contributed by atoms with Crippen LogP contribution < -0.4 is 0 Å². The molecule has 0 atom stereocenters. The maximum atomic E-state index is 5.86. The van der Waals surface area contributed by atoms with Gasteiger partial charge >= 0.3 is 0 Å². The minimum atomic E-state index is 0.709. The van der Waals surface area contributed by atoms with E-state index >= 15 is 0 Å². The van der Waals surface area contributed by atoms with Gasteiger partial charge in [-0.3, -0.25) is 4.90 Å². The highest BCUT2D eigenvalue weighted by Gasteiger charge is 2.30. The number of nitrogens with zero attached hydrogens (tertiary/aromatic N) is 3. The second-order valence-electron chi connectivity index (χ2n) is 6.46. The molecule has 4 rings (SSSR count). The van der Waals surface area contributed by atoms with Crippen LogP contribution in [0.5, 0.6) is 0 Å². The molecule has 4 heteroatoms. The highest BCUT2D eigenvalue weighted by Crippen LogP contribution is 2.41. The van der Waals surface area contributed by atoms with Gasteiger partial charge in [0.05, 0.1) is 12.2 Å². The molecular formula is C18H23N3O. The largest absolute Gasteiger partial charge is 0.465 e. The van der Waals surface area contributed by atoms with Crippen molar-refractivity contribution in [2.24, 2.45) is 0 Å². The van der Waals surface area contributed by atoms with Crippen LogP contribution in [0.3, 0.4) is 0 Å². The number of hydrogen-bond acceptors (Lipinski definition) is 4. The molecule has 4 nitrogen and oxygen atoms in total. The molecule has 0 radical (unpaired) electrons. The maximum Gasteiger partial charge on any atom is 0.118 e. The summed E-state index contributed by atoms with van der Waals surface area (Å²) < 4.78 is 5.86. The normalized spacial score (nSPS) is 19.0. The first-order chi connectivity index (χ1) is 10.8. The fraction of sp³-hybridized carbons (Fsp3) is 0.556. The predicted molar refractivity (Wildman–Crippen MR) is 84.8 cm³/mol. The lowest BCUT2D eigenvalue weighted by atomic mass is 10.0. The molecular weight excluding hydrogens is 274 g/mol. The molecule has 0 bridgehead atoms. The molecule has 116 valence electrons. The number of hydrogen-bond donors (Lipinski definition) is 0. The van der Waals surface area contributed by atoms with Gasteiger partial charge in [-0.2, -0.15) is 0 Å². The average molecular weight is 297 g/mol. The lowest BCUT2D eigenvalue weighted by Gasteiger charge is -2.17. The van der Waals surface area contributed by atoms with E-state index in [1.807, 2.05) is 0 Å². The van der Waals surface area contributed by atoms with E-state index in [9.17, 15) is 0 Å². The Morgan fingerprint density at radius 3 is 2.73 bits per heavy atom. The number of rotatable bonds is 4. The summed E-state index contributed by atoms with van der Waals surface area (Å²) >= 11 is 0. The smallest absolute Gasteiger partial charge is 0.118 e. The summed E-state index contributed by atoms with van der Waals surface area (Å²) in [6.45, 7) is 5.15. The molecule has 22 heavy (non-hydrogen) atoms. The van der Waals surface area contributed by atoms with E-state index in [0.29, 0.717) is 5.92 Å². The zero-order valence-electron chi connectivity index (χ0n) is 13.2. The molecule has 0 saturated heterocycles. The second-order valence-corrected chi connectivity index (χ2v) is 6.46. The summed E-state index contributed by atoms with van der Waals surface area (Å²) in [4.78, 5) is 11.6. The number of fused-ring (bicyclic) bond motifs is 1. The standard InChI is InChI=1S/C18H23N3O/c1-2-14-5-6-15(22-14)11-21-9-7-16-17(8-10-21)19-12-20-18(16)13-3-4-13/h5-6,12-13H,2-4,7-11H2,1H3. The quantitative estimate of drug-likeness (QED) is 0.869. The van der Waals surface area contributed by atoms with E-state index < -0.39 is 0 Å². The van der Waals surface area contributed by atoms with E-state index in [1.165, 1.54) is 29.8 Å². The van der Waals surface area contributed by atoms with E-state index in [4.69, 9.17) is 4.42 Å². The van der Waals surface area contributed by atoms with E-state index in [2.05, 4.69) is 33.9 Å². The van der Waals surface area contributed by atoms with Gasteiger partial charge in [-0.15, -0.1) is 0 Å². The van der Waals surface area contributed by atoms with Crippen molar-refractivity contribution in [1.82, 2.24) is 14.9 Å².